The maximum atomic E-state index is 13.2. The number of ether oxygens (including phenoxy) is 1. The summed E-state index contributed by atoms with van der Waals surface area (Å²) in [6, 6.07) is 4.68. The summed E-state index contributed by atoms with van der Waals surface area (Å²) in [5.74, 6) is -4.73. The number of rotatable bonds is 18. The third-order valence-corrected chi connectivity index (χ3v) is 8.58. The predicted molar refractivity (Wildman–Crippen MR) is 178 cm³/mol. The molecular formula is C31H38N7O11P. The highest BCUT2D eigenvalue weighted by molar-refractivity contribution is 7.57. The molecule has 50 heavy (non-hydrogen) atoms. The highest BCUT2D eigenvalue weighted by Gasteiger charge is 2.52. The smallest absolute Gasteiger partial charge is 0.326 e. The largest absolute Gasteiger partial charge is 0.481 e. The number of fused-ring (bicyclic) bond motifs is 1. The molecule has 268 valence electrons. The number of nitrogens with zero attached hydrogens (tertiary/aromatic N) is 3. The molecule has 0 radical (unpaired) electrons. The monoisotopic (exact) mass is 715 g/mol. The summed E-state index contributed by atoms with van der Waals surface area (Å²) in [5.41, 5.74) is -1.11. The lowest BCUT2D eigenvalue weighted by Gasteiger charge is -2.37. The summed E-state index contributed by atoms with van der Waals surface area (Å²) >= 11 is 0. The quantitative estimate of drug-likeness (QED) is 0.0478. The number of carboxylic acids is 2. The zero-order valence-electron chi connectivity index (χ0n) is 27.4. The first-order valence-electron chi connectivity index (χ1n) is 15.7. The molecule has 2 heterocycles. The van der Waals surface area contributed by atoms with E-state index in [-0.39, 0.29) is 61.7 Å². The van der Waals surface area contributed by atoms with E-state index in [9.17, 15) is 38.4 Å². The van der Waals surface area contributed by atoms with Crippen molar-refractivity contribution < 1.29 is 48.0 Å². The third-order valence-electron chi connectivity index (χ3n) is 7.78. The van der Waals surface area contributed by atoms with Crippen LogP contribution in [0.2, 0.25) is 0 Å². The predicted octanol–water partition coefficient (Wildman–Crippen LogP) is 2.36. The molecule has 1 aliphatic carbocycles. The van der Waals surface area contributed by atoms with Gasteiger partial charge in [0.2, 0.25) is 11.9 Å². The van der Waals surface area contributed by atoms with Crippen LogP contribution in [-0.4, -0.2) is 92.5 Å². The van der Waals surface area contributed by atoms with Crippen LogP contribution >= 0.6 is 7.37 Å². The molecule has 0 saturated heterocycles. The number of amides is 2. The van der Waals surface area contributed by atoms with Crippen molar-refractivity contribution in [1.29, 1.82) is 0 Å². The number of carboxylic acid groups (broad SMARTS) is 2. The minimum Gasteiger partial charge on any atom is -0.481 e. The van der Waals surface area contributed by atoms with Gasteiger partial charge in [-0.1, -0.05) is 6.42 Å². The molecule has 0 unspecified atom stereocenters. The minimum absolute atomic E-state index is 0.0395. The first-order valence-corrected chi connectivity index (χ1v) is 18.2. The molecule has 1 aromatic carbocycles. The van der Waals surface area contributed by atoms with E-state index in [0.29, 0.717) is 30.6 Å². The molecule has 0 spiro atoms. The molecule has 3 aromatic rings. The molecule has 1 aliphatic rings. The van der Waals surface area contributed by atoms with Crippen LogP contribution in [0.3, 0.4) is 0 Å². The minimum atomic E-state index is -2.59. The highest BCUT2D eigenvalue weighted by atomic mass is 31.2. The molecule has 18 nitrogen and oxygen atoms in total. The molecule has 6 N–H and O–H groups in total. The maximum Gasteiger partial charge on any atom is 0.326 e. The van der Waals surface area contributed by atoms with Crippen LogP contribution < -0.4 is 21.5 Å². The Hall–Kier alpha value is -5.22. The summed E-state index contributed by atoms with van der Waals surface area (Å²) in [6.07, 6.45) is 2.90. The molecule has 2 amide bonds. The third kappa shape index (κ3) is 10.1. The van der Waals surface area contributed by atoms with Gasteiger partial charge >= 0.3 is 17.9 Å². The number of unbranched alkanes of at least 4 members (excludes halogenated alkanes) is 1. The summed E-state index contributed by atoms with van der Waals surface area (Å²) in [4.78, 5) is 88.6. The van der Waals surface area contributed by atoms with Gasteiger partial charge in [-0.2, -0.15) is 4.98 Å². The number of hydrogen-bond donors (Lipinski definition) is 6. The Morgan fingerprint density at radius 2 is 1.74 bits per heavy atom. The lowest BCUT2D eigenvalue weighted by Crippen LogP contribution is -2.49. The SMILES string of the molecule is CP(C)(=O)OCCCCOC(=O)C1(C(=O)Nc2nc3ncc(CNc4ccc(C(=O)N[C@H](CCC(=O)O)C(=O)O)cc4)nc3c(=O)[nH]2)CCC1. The number of aromatic nitrogens is 4. The van der Waals surface area contributed by atoms with Crippen molar-refractivity contribution in [3.8, 4) is 0 Å². The Balaban J connectivity index is 1.32. The first-order chi connectivity index (χ1) is 23.7. The van der Waals surface area contributed by atoms with E-state index in [1.165, 1.54) is 31.7 Å². The second-order valence-electron chi connectivity index (χ2n) is 12.0. The van der Waals surface area contributed by atoms with Gasteiger partial charge in [0.25, 0.3) is 11.5 Å². The number of hydrogen-bond acceptors (Lipinski definition) is 13. The van der Waals surface area contributed by atoms with Gasteiger partial charge in [-0.3, -0.25) is 38.8 Å². The number of anilines is 2. The van der Waals surface area contributed by atoms with Crippen molar-refractivity contribution >= 4 is 59.9 Å². The number of nitrogens with one attached hydrogen (secondary N) is 4. The molecule has 19 heteroatoms. The van der Waals surface area contributed by atoms with Crippen LogP contribution in [0.5, 0.6) is 0 Å². The van der Waals surface area contributed by atoms with Gasteiger partial charge in [0.1, 0.15) is 11.5 Å². The molecule has 4 rings (SSSR count). The van der Waals surface area contributed by atoms with Crippen molar-refractivity contribution in [2.45, 2.75) is 57.5 Å². The fraction of sp³-hybridized carbons (Fsp3) is 0.452. The van der Waals surface area contributed by atoms with E-state index in [1.807, 2.05) is 0 Å². The maximum absolute atomic E-state index is 13.2. The number of carbonyl (C=O) groups excluding carboxylic acids is 3. The first kappa shape index (κ1) is 37.6. The zero-order chi connectivity index (χ0) is 36.5. The summed E-state index contributed by atoms with van der Waals surface area (Å²) in [5, 5.41) is 25.9. The standard InChI is InChI=1S/C31H38N7O11P/c1-50(2,47)49-15-4-3-14-48-29(46)31(12-5-13-31)28(45)38-30-36-24-23(26(42)37-30)34-20(17-33-24)16-32-19-8-6-18(7-9-19)25(41)35-21(27(43)44)10-11-22(39)40/h6-9,17,21,32H,3-5,10-16H2,1-2H3,(H,35,41)(H,39,40)(H,43,44)(H2,33,36,37,38,42,45)/t21-/m1/s1. The van der Waals surface area contributed by atoms with E-state index in [0.717, 1.165) is 0 Å². The van der Waals surface area contributed by atoms with Crippen LogP contribution in [0.25, 0.3) is 11.2 Å². The van der Waals surface area contributed by atoms with Crippen LogP contribution in [0.4, 0.5) is 11.6 Å². The summed E-state index contributed by atoms with van der Waals surface area (Å²) in [6.45, 7) is 3.49. The lowest BCUT2D eigenvalue weighted by molar-refractivity contribution is -0.166. The molecular weight excluding hydrogens is 677 g/mol. The number of aromatic amines is 1. The fourth-order valence-electron chi connectivity index (χ4n) is 4.87. The van der Waals surface area contributed by atoms with Crippen LogP contribution in [-0.2, 0) is 39.5 Å². The van der Waals surface area contributed by atoms with Crippen molar-refractivity contribution in [3.63, 3.8) is 0 Å². The van der Waals surface area contributed by atoms with E-state index < -0.39 is 60.5 Å². The van der Waals surface area contributed by atoms with Gasteiger partial charge in [-0.25, -0.2) is 14.8 Å². The normalized spacial score (nSPS) is 14.2. The van der Waals surface area contributed by atoms with Gasteiger partial charge in [-0.05, 0) is 56.4 Å². The van der Waals surface area contributed by atoms with E-state index in [2.05, 4.69) is 35.9 Å². The Labute approximate surface area is 285 Å². The average molecular weight is 716 g/mol. The second-order valence-corrected chi connectivity index (χ2v) is 14.8. The molecule has 1 atom stereocenters. The second kappa shape index (κ2) is 16.5. The van der Waals surface area contributed by atoms with Crippen LogP contribution in [0, 0.1) is 5.41 Å². The Bertz CT molecular complexity index is 1860. The van der Waals surface area contributed by atoms with Gasteiger partial charge in [0.15, 0.2) is 18.5 Å². The van der Waals surface area contributed by atoms with Crippen LogP contribution in [0.15, 0.2) is 35.3 Å². The number of benzene rings is 1. The summed E-state index contributed by atoms with van der Waals surface area (Å²) in [7, 11) is -2.59. The molecule has 1 saturated carbocycles. The topological polar surface area (TPSA) is 269 Å². The number of esters is 1. The van der Waals surface area contributed by atoms with Gasteiger partial charge in [-0.15, -0.1) is 0 Å². The van der Waals surface area contributed by atoms with Crippen molar-refractivity contribution in [1.82, 2.24) is 25.3 Å². The van der Waals surface area contributed by atoms with E-state index >= 15 is 0 Å². The fourth-order valence-corrected chi connectivity index (χ4v) is 5.44. The van der Waals surface area contributed by atoms with E-state index in [1.54, 1.807) is 12.1 Å². The molecule has 0 aliphatic heterocycles. The molecule has 1 fully saturated rings. The Kier molecular flexibility index (Phi) is 12.4. The van der Waals surface area contributed by atoms with Crippen molar-refractivity contribution in [3.05, 3.63) is 52.1 Å². The van der Waals surface area contributed by atoms with Crippen LogP contribution in [0.1, 0.15) is 61.0 Å². The van der Waals surface area contributed by atoms with E-state index in [4.69, 9.17) is 14.4 Å². The van der Waals surface area contributed by atoms with Crippen molar-refractivity contribution in [2.24, 2.45) is 5.41 Å². The van der Waals surface area contributed by atoms with Gasteiger partial charge in [0.05, 0.1) is 31.6 Å². The van der Waals surface area contributed by atoms with Gasteiger partial charge < -0.3 is 30.1 Å². The Morgan fingerprint density at radius 3 is 2.36 bits per heavy atom. The van der Waals surface area contributed by atoms with Crippen molar-refractivity contribution in [2.75, 3.05) is 37.2 Å². The molecule has 2 aromatic heterocycles. The lowest BCUT2D eigenvalue weighted by atomic mass is 9.68. The Morgan fingerprint density at radius 1 is 1.04 bits per heavy atom. The average Bonchev–Trinajstić information content (AvgIpc) is 3.02. The highest BCUT2D eigenvalue weighted by Crippen LogP contribution is 2.43. The zero-order valence-corrected chi connectivity index (χ0v) is 28.3. The number of aliphatic carboxylic acids is 2. The number of H-pyrrole nitrogens is 1. The summed E-state index contributed by atoms with van der Waals surface area (Å²) < 4.78 is 22.2. The number of carbonyl (C=O) groups is 5. The molecule has 0 bridgehead atoms. The van der Waals surface area contributed by atoms with Gasteiger partial charge in [0, 0.05) is 31.0 Å².